The highest BCUT2D eigenvalue weighted by Gasteiger charge is 2.26. The Morgan fingerprint density at radius 2 is 1.59 bits per heavy atom. The number of fused-ring (bicyclic) bond motifs is 1. The number of aromatic hydroxyl groups is 3. The fraction of sp³-hybridized carbons (Fsp3) is 0.200. The Morgan fingerprint density at radius 1 is 0.906 bits per heavy atom. The van der Waals surface area contributed by atoms with Crippen molar-refractivity contribution < 1.29 is 33.9 Å². The van der Waals surface area contributed by atoms with Crippen LogP contribution in [0.25, 0.3) is 11.1 Å². The summed E-state index contributed by atoms with van der Waals surface area (Å²) in [5, 5.41) is 30.3. The van der Waals surface area contributed by atoms with Crippen molar-refractivity contribution in [3.8, 4) is 34.5 Å². The summed E-state index contributed by atoms with van der Waals surface area (Å²) in [7, 11) is 2.87. The van der Waals surface area contributed by atoms with E-state index in [-0.39, 0.29) is 29.6 Å². The van der Waals surface area contributed by atoms with Crippen molar-refractivity contribution in [2.24, 2.45) is 0 Å². The van der Waals surface area contributed by atoms with Gasteiger partial charge in [-0.3, -0.25) is 0 Å². The lowest BCUT2D eigenvalue weighted by Gasteiger charge is -2.26. The number of methoxy groups -OCH3 is 2. The Kier molecular flexibility index (Phi) is 5.57. The molecule has 3 aromatic rings. The Morgan fingerprint density at radius 3 is 2.19 bits per heavy atom. The molecule has 0 radical (unpaired) electrons. The van der Waals surface area contributed by atoms with Gasteiger partial charge in [0.2, 0.25) is 5.75 Å². The van der Waals surface area contributed by atoms with Crippen LogP contribution in [0.15, 0.2) is 42.5 Å². The van der Waals surface area contributed by atoms with Crippen LogP contribution < -0.4 is 14.2 Å². The maximum absolute atomic E-state index is 14.3. The molecule has 0 aliphatic carbocycles. The molecule has 0 aromatic heterocycles. The van der Waals surface area contributed by atoms with E-state index in [1.54, 1.807) is 24.3 Å². The number of aryl methyl sites for hydroxylation is 1. The molecule has 1 aliphatic heterocycles. The number of halogens is 1. The Labute approximate surface area is 184 Å². The van der Waals surface area contributed by atoms with Crippen molar-refractivity contribution in [1.82, 2.24) is 0 Å². The molecule has 3 N–H and O–H groups in total. The summed E-state index contributed by atoms with van der Waals surface area (Å²) >= 11 is 0. The first kappa shape index (κ1) is 21.4. The number of benzene rings is 3. The van der Waals surface area contributed by atoms with Crippen molar-refractivity contribution in [3.05, 3.63) is 70.5 Å². The quantitative estimate of drug-likeness (QED) is 0.527. The maximum atomic E-state index is 14.3. The van der Waals surface area contributed by atoms with E-state index < -0.39 is 11.6 Å². The molecule has 3 aromatic carbocycles. The minimum atomic E-state index is -0.752. The zero-order valence-corrected chi connectivity index (χ0v) is 17.9. The molecule has 6 nitrogen and oxygen atoms in total. The second kappa shape index (κ2) is 8.34. The van der Waals surface area contributed by atoms with Crippen LogP contribution in [-0.2, 0) is 6.42 Å². The lowest BCUT2D eigenvalue weighted by Crippen LogP contribution is -2.12. The van der Waals surface area contributed by atoms with Gasteiger partial charge in [-0.25, -0.2) is 4.39 Å². The van der Waals surface area contributed by atoms with E-state index in [1.807, 2.05) is 13.0 Å². The number of hydrogen-bond acceptors (Lipinski definition) is 6. The number of phenols is 3. The predicted octanol–water partition coefficient (Wildman–Crippen LogP) is 4.87. The van der Waals surface area contributed by atoms with Crippen LogP contribution in [0.2, 0.25) is 0 Å². The Balaban J connectivity index is 2.05. The van der Waals surface area contributed by atoms with Gasteiger partial charge in [-0.2, -0.15) is 0 Å². The van der Waals surface area contributed by atoms with E-state index in [0.29, 0.717) is 45.6 Å². The number of rotatable bonds is 5. The van der Waals surface area contributed by atoms with Gasteiger partial charge in [0.15, 0.2) is 23.1 Å². The average Bonchev–Trinajstić information content (AvgIpc) is 2.80. The Hall–Kier alpha value is -3.87. The number of hydrogen-bond donors (Lipinski definition) is 3. The molecule has 0 fully saturated rings. The van der Waals surface area contributed by atoms with Crippen LogP contribution in [0.3, 0.4) is 0 Å². The van der Waals surface area contributed by atoms with Crippen LogP contribution in [-0.4, -0.2) is 36.1 Å². The summed E-state index contributed by atoms with van der Waals surface area (Å²) in [4.78, 5) is 0. The summed E-state index contributed by atoms with van der Waals surface area (Å²) < 4.78 is 30.9. The molecule has 0 atom stereocenters. The van der Waals surface area contributed by atoms with E-state index in [1.165, 1.54) is 26.4 Å². The standard InChI is InChI=1S/C25H23FO6/c1-4-13-7-16-21(11-20(13)28)32-12-17(24(16)14-5-6-19(27)18(26)8-14)15-9-22(30-2)25(29)23(10-15)31-3/h5-11,27-29H,4,12H2,1-3H3. The third kappa shape index (κ3) is 3.56. The third-order valence-corrected chi connectivity index (χ3v) is 5.57. The highest BCUT2D eigenvalue weighted by Crippen LogP contribution is 2.46. The molecule has 0 unspecified atom stereocenters. The summed E-state index contributed by atoms with van der Waals surface area (Å²) in [6, 6.07) is 10.9. The van der Waals surface area contributed by atoms with Gasteiger partial charge in [0, 0.05) is 17.2 Å². The molecule has 1 aliphatic rings. The summed E-state index contributed by atoms with van der Waals surface area (Å²) in [5.41, 5.74) is 3.94. The minimum Gasteiger partial charge on any atom is -0.508 e. The smallest absolute Gasteiger partial charge is 0.200 e. The SMILES string of the molecule is CCc1cc2c(cc1O)OCC(c1cc(OC)c(O)c(OC)c1)=C2c1ccc(O)c(F)c1. The van der Waals surface area contributed by atoms with Crippen molar-refractivity contribution in [2.45, 2.75) is 13.3 Å². The summed E-state index contributed by atoms with van der Waals surface area (Å²) in [6.07, 6.45) is 0.590. The first-order chi connectivity index (χ1) is 15.4. The van der Waals surface area contributed by atoms with Gasteiger partial charge in [0.25, 0.3) is 0 Å². The Bertz CT molecular complexity index is 1210. The summed E-state index contributed by atoms with van der Waals surface area (Å²) in [6.45, 7) is 2.04. The largest absolute Gasteiger partial charge is 0.508 e. The lowest BCUT2D eigenvalue weighted by atomic mass is 9.86. The van der Waals surface area contributed by atoms with E-state index in [0.717, 1.165) is 0 Å². The molecule has 0 bridgehead atoms. The highest BCUT2D eigenvalue weighted by molar-refractivity contribution is 6.02. The van der Waals surface area contributed by atoms with E-state index in [9.17, 15) is 19.7 Å². The fourth-order valence-corrected chi connectivity index (χ4v) is 3.88. The second-order valence-electron chi connectivity index (χ2n) is 7.37. The van der Waals surface area contributed by atoms with E-state index >= 15 is 0 Å². The van der Waals surface area contributed by atoms with Gasteiger partial charge in [0.1, 0.15) is 18.1 Å². The van der Waals surface area contributed by atoms with Crippen molar-refractivity contribution in [3.63, 3.8) is 0 Å². The van der Waals surface area contributed by atoms with Gasteiger partial charge < -0.3 is 29.5 Å². The maximum Gasteiger partial charge on any atom is 0.200 e. The molecule has 1 heterocycles. The monoisotopic (exact) mass is 438 g/mol. The number of ether oxygens (including phenoxy) is 3. The van der Waals surface area contributed by atoms with Crippen LogP contribution in [0, 0.1) is 5.82 Å². The van der Waals surface area contributed by atoms with Gasteiger partial charge in [-0.15, -0.1) is 0 Å². The van der Waals surface area contributed by atoms with Crippen molar-refractivity contribution in [2.75, 3.05) is 20.8 Å². The molecule has 7 heteroatoms. The molecule has 0 saturated carbocycles. The average molecular weight is 438 g/mol. The first-order valence-corrected chi connectivity index (χ1v) is 10.0. The van der Waals surface area contributed by atoms with Crippen LogP contribution in [0.5, 0.6) is 34.5 Å². The van der Waals surface area contributed by atoms with Crippen molar-refractivity contribution in [1.29, 1.82) is 0 Å². The van der Waals surface area contributed by atoms with Gasteiger partial charge in [-0.05, 0) is 59.0 Å². The summed E-state index contributed by atoms with van der Waals surface area (Å²) in [5.74, 6) is -0.313. The second-order valence-corrected chi connectivity index (χ2v) is 7.37. The zero-order chi connectivity index (χ0) is 23.0. The molecule has 4 rings (SSSR count). The fourth-order valence-electron chi connectivity index (χ4n) is 3.88. The predicted molar refractivity (Wildman–Crippen MR) is 118 cm³/mol. The van der Waals surface area contributed by atoms with Gasteiger partial charge in [-0.1, -0.05) is 13.0 Å². The van der Waals surface area contributed by atoms with Crippen LogP contribution in [0.1, 0.15) is 29.2 Å². The van der Waals surface area contributed by atoms with Gasteiger partial charge in [0.05, 0.1) is 14.2 Å². The molecular formula is C25H23FO6. The molecule has 0 saturated heterocycles. The first-order valence-electron chi connectivity index (χ1n) is 10.0. The molecule has 166 valence electrons. The lowest BCUT2D eigenvalue weighted by molar-refractivity contribution is 0.339. The van der Waals surface area contributed by atoms with E-state index in [4.69, 9.17) is 14.2 Å². The van der Waals surface area contributed by atoms with Crippen LogP contribution in [0.4, 0.5) is 4.39 Å². The topological polar surface area (TPSA) is 88.4 Å². The number of phenolic OH excluding ortho intramolecular Hbond substituents is 3. The highest BCUT2D eigenvalue weighted by atomic mass is 19.1. The molecule has 32 heavy (non-hydrogen) atoms. The zero-order valence-electron chi connectivity index (χ0n) is 17.9. The molecule has 0 amide bonds. The van der Waals surface area contributed by atoms with Crippen LogP contribution >= 0.6 is 0 Å². The molecule has 0 spiro atoms. The molecular weight excluding hydrogens is 415 g/mol. The normalized spacial score (nSPS) is 12.9. The third-order valence-electron chi connectivity index (χ3n) is 5.57. The van der Waals surface area contributed by atoms with Crippen molar-refractivity contribution >= 4 is 11.1 Å². The van der Waals surface area contributed by atoms with E-state index in [2.05, 4.69) is 0 Å². The minimum absolute atomic E-state index is 0.118. The van der Waals surface area contributed by atoms with Gasteiger partial charge >= 0.3 is 0 Å².